The normalized spacial score (nSPS) is 16.5. The van der Waals surface area contributed by atoms with Gasteiger partial charge in [0.15, 0.2) is 0 Å². The van der Waals surface area contributed by atoms with Crippen molar-refractivity contribution in [1.29, 1.82) is 0 Å². The van der Waals surface area contributed by atoms with Gasteiger partial charge >= 0.3 is 0 Å². The summed E-state index contributed by atoms with van der Waals surface area (Å²) < 4.78 is 5.73. The highest BCUT2D eigenvalue weighted by Crippen LogP contribution is 2.26. The third kappa shape index (κ3) is 3.80. The Morgan fingerprint density at radius 2 is 1.95 bits per heavy atom. The van der Waals surface area contributed by atoms with Crippen LogP contribution in [0.2, 0.25) is 5.02 Å². The van der Waals surface area contributed by atoms with Crippen molar-refractivity contribution in [1.82, 2.24) is 5.32 Å². The molecule has 0 aliphatic carbocycles. The molecule has 4 heteroatoms. The number of hydrogen-bond donors (Lipinski definition) is 1. The molecule has 0 saturated carbocycles. The van der Waals surface area contributed by atoms with Gasteiger partial charge in [-0.05, 0) is 35.7 Å². The quantitative estimate of drug-likeness (QED) is 0.940. The zero-order valence-corrected chi connectivity index (χ0v) is 13.0. The predicted octanol–water partition coefficient (Wildman–Crippen LogP) is 3.25. The summed E-state index contributed by atoms with van der Waals surface area (Å²) >= 11 is 5.84. The first-order valence-corrected chi connectivity index (χ1v) is 7.80. The second-order valence-corrected chi connectivity index (χ2v) is 6.03. The van der Waals surface area contributed by atoms with Gasteiger partial charge in [0.25, 0.3) is 0 Å². The average molecular weight is 316 g/mol. The fourth-order valence-electron chi connectivity index (χ4n) is 2.63. The summed E-state index contributed by atoms with van der Waals surface area (Å²) in [5, 5.41) is 3.68. The molecule has 1 aliphatic heterocycles. The minimum Gasteiger partial charge on any atom is -0.493 e. The Labute approximate surface area is 135 Å². The van der Waals surface area contributed by atoms with Gasteiger partial charge in [0.05, 0.1) is 13.0 Å². The monoisotopic (exact) mass is 315 g/mol. The Morgan fingerprint density at radius 1 is 1.18 bits per heavy atom. The molecule has 0 aromatic heterocycles. The summed E-state index contributed by atoms with van der Waals surface area (Å²) in [7, 11) is 0. The van der Waals surface area contributed by atoms with Crippen molar-refractivity contribution < 1.29 is 9.53 Å². The molecular formula is C18H18ClNO2. The van der Waals surface area contributed by atoms with Crippen LogP contribution in [0.4, 0.5) is 0 Å². The SMILES string of the molecule is O=C(Cc1ccc(Cl)cc1)NCC1COc2ccccc2C1. The third-order valence-electron chi connectivity index (χ3n) is 3.82. The van der Waals surface area contributed by atoms with E-state index in [-0.39, 0.29) is 5.91 Å². The standard InChI is InChI=1S/C18H18ClNO2/c19-16-7-5-13(6-8-16)10-18(21)20-11-14-9-15-3-1-2-4-17(15)22-12-14/h1-8,14H,9-12H2,(H,20,21). The number of halogens is 1. The van der Waals surface area contributed by atoms with E-state index in [2.05, 4.69) is 11.4 Å². The summed E-state index contributed by atoms with van der Waals surface area (Å²) in [6, 6.07) is 15.4. The van der Waals surface area contributed by atoms with E-state index in [1.807, 2.05) is 30.3 Å². The first-order chi connectivity index (χ1) is 10.7. The second-order valence-electron chi connectivity index (χ2n) is 5.60. The lowest BCUT2D eigenvalue weighted by Gasteiger charge is -2.25. The molecule has 2 aromatic rings. The number of rotatable bonds is 4. The molecular weight excluding hydrogens is 298 g/mol. The molecule has 3 rings (SSSR count). The smallest absolute Gasteiger partial charge is 0.224 e. The number of fused-ring (bicyclic) bond motifs is 1. The maximum absolute atomic E-state index is 12.0. The third-order valence-corrected chi connectivity index (χ3v) is 4.07. The van der Waals surface area contributed by atoms with Crippen LogP contribution in [-0.2, 0) is 17.6 Å². The van der Waals surface area contributed by atoms with Crippen LogP contribution in [0.5, 0.6) is 5.75 Å². The van der Waals surface area contributed by atoms with Crippen LogP contribution in [0.3, 0.4) is 0 Å². The van der Waals surface area contributed by atoms with E-state index in [1.54, 1.807) is 12.1 Å². The number of amides is 1. The Kier molecular flexibility index (Phi) is 4.64. The van der Waals surface area contributed by atoms with E-state index >= 15 is 0 Å². The summed E-state index contributed by atoms with van der Waals surface area (Å²) in [4.78, 5) is 12.0. The van der Waals surface area contributed by atoms with Gasteiger partial charge in [-0.15, -0.1) is 0 Å². The Bertz CT molecular complexity index is 654. The first kappa shape index (κ1) is 14.9. The maximum Gasteiger partial charge on any atom is 0.224 e. The lowest BCUT2D eigenvalue weighted by molar-refractivity contribution is -0.120. The molecule has 22 heavy (non-hydrogen) atoms. The predicted molar refractivity (Wildman–Crippen MR) is 87.3 cm³/mol. The number of carbonyl (C=O) groups is 1. The Morgan fingerprint density at radius 3 is 2.77 bits per heavy atom. The highest BCUT2D eigenvalue weighted by atomic mass is 35.5. The zero-order chi connectivity index (χ0) is 15.4. The largest absolute Gasteiger partial charge is 0.493 e. The Hall–Kier alpha value is -2.00. The van der Waals surface area contributed by atoms with E-state index in [4.69, 9.17) is 16.3 Å². The number of nitrogens with one attached hydrogen (secondary N) is 1. The van der Waals surface area contributed by atoms with Crippen LogP contribution in [-0.4, -0.2) is 19.1 Å². The molecule has 1 aliphatic rings. The van der Waals surface area contributed by atoms with Gasteiger partial charge < -0.3 is 10.1 Å². The van der Waals surface area contributed by atoms with Crippen molar-refractivity contribution in [3.8, 4) is 5.75 Å². The van der Waals surface area contributed by atoms with Gasteiger partial charge in [-0.2, -0.15) is 0 Å². The van der Waals surface area contributed by atoms with Gasteiger partial charge in [-0.25, -0.2) is 0 Å². The van der Waals surface area contributed by atoms with E-state index in [0.29, 0.717) is 30.5 Å². The molecule has 0 bridgehead atoms. The highest BCUT2D eigenvalue weighted by molar-refractivity contribution is 6.30. The summed E-state index contributed by atoms with van der Waals surface area (Å²) in [6.07, 6.45) is 1.32. The minimum absolute atomic E-state index is 0.0289. The van der Waals surface area contributed by atoms with E-state index in [0.717, 1.165) is 17.7 Å². The van der Waals surface area contributed by atoms with Crippen LogP contribution in [0.1, 0.15) is 11.1 Å². The summed E-state index contributed by atoms with van der Waals surface area (Å²) in [5.41, 5.74) is 2.18. The Balaban J connectivity index is 1.49. The molecule has 1 heterocycles. The average Bonchev–Trinajstić information content (AvgIpc) is 2.55. The van der Waals surface area contributed by atoms with Gasteiger partial charge in [-0.1, -0.05) is 41.9 Å². The van der Waals surface area contributed by atoms with Crippen molar-refractivity contribution in [3.05, 3.63) is 64.7 Å². The van der Waals surface area contributed by atoms with Crippen LogP contribution in [0, 0.1) is 5.92 Å². The summed E-state index contributed by atoms with van der Waals surface area (Å²) in [6.45, 7) is 1.29. The maximum atomic E-state index is 12.0. The van der Waals surface area contributed by atoms with Crippen LogP contribution >= 0.6 is 11.6 Å². The molecule has 114 valence electrons. The molecule has 1 N–H and O–H groups in total. The van der Waals surface area contributed by atoms with Crippen molar-refractivity contribution >= 4 is 17.5 Å². The fraction of sp³-hybridized carbons (Fsp3) is 0.278. The molecule has 1 amide bonds. The summed E-state index contributed by atoms with van der Waals surface area (Å²) in [5.74, 6) is 1.32. The van der Waals surface area contributed by atoms with E-state index < -0.39 is 0 Å². The fourth-order valence-corrected chi connectivity index (χ4v) is 2.76. The zero-order valence-electron chi connectivity index (χ0n) is 12.2. The van der Waals surface area contributed by atoms with Crippen molar-refractivity contribution in [2.75, 3.05) is 13.2 Å². The highest BCUT2D eigenvalue weighted by Gasteiger charge is 2.19. The molecule has 0 saturated heterocycles. The van der Waals surface area contributed by atoms with E-state index in [1.165, 1.54) is 5.56 Å². The van der Waals surface area contributed by atoms with Crippen molar-refractivity contribution in [2.24, 2.45) is 5.92 Å². The molecule has 1 unspecified atom stereocenters. The van der Waals surface area contributed by atoms with Crippen molar-refractivity contribution in [2.45, 2.75) is 12.8 Å². The minimum atomic E-state index is 0.0289. The van der Waals surface area contributed by atoms with Crippen LogP contribution < -0.4 is 10.1 Å². The van der Waals surface area contributed by atoms with Gasteiger partial charge in [0.1, 0.15) is 5.75 Å². The molecule has 3 nitrogen and oxygen atoms in total. The topological polar surface area (TPSA) is 38.3 Å². The second kappa shape index (κ2) is 6.84. The molecule has 1 atom stereocenters. The van der Waals surface area contributed by atoms with Gasteiger partial charge in [-0.3, -0.25) is 4.79 Å². The number of hydrogen-bond acceptors (Lipinski definition) is 2. The molecule has 0 radical (unpaired) electrons. The number of benzene rings is 2. The van der Waals surface area contributed by atoms with Crippen LogP contribution in [0.15, 0.2) is 48.5 Å². The van der Waals surface area contributed by atoms with E-state index in [9.17, 15) is 4.79 Å². The lowest BCUT2D eigenvalue weighted by atomic mass is 9.96. The first-order valence-electron chi connectivity index (χ1n) is 7.42. The molecule has 2 aromatic carbocycles. The number of carbonyl (C=O) groups excluding carboxylic acids is 1. The number of ether oxygens (including phenoxy) is 1. The number of para-hydroxylation sites is 1. The molecule has 0 spiro atoms. The van der Waals surface area contributed by atoms with Gasteiger partial charge in [0, 0.05) is 17.5 Å². The lowest BCUT2D eigenvalue weighted by Crippen LogP contribution is -2.35. The van der Waals surface area contributed by atoms with Crippen molar-refractivity contribution in [3.63, 3.8) is 0 Å². The van der Waals surface area contributed by atoms with Gasteiger partial charge in [0.2, 0.25) is 5.91 Å². The molecule has 0 fully saturated rings. The van der Waals surface area contributed by atoms with Crippen LogP contribution in [0.25, 0.3) is 0 Å².